The van der Waals surface area contributed by atoms with Crippen LogP contribution in [0.3, 0.4) is 0 Å². The highest BCUT2D eigenvalue weighted by atomic mass is 31.2. The molecule has 90 valence electrons. The Morgan fingerprint density at radius 1 is 1.31 bits per heavy atom. The van der Waals surface area contributed by atoms with Crippen molar-refractivity contribution in [2.45, 2.75) is 13.0 Å². The van der Waals surface area contributed by atoms with Gasteiger partial charge in [0.15, 0.2) is 0 Å². The Bertz CT molecular complexity index is 423. The first-order valence-corrected chi connectivity index (χ1v) is 7.95. The van der Waals surface area contributed by atoms with E-state index in [0.29, 0.717) is 0 Å². The second-order valence-corrected chi connectivity index (χ2v) is 8.02. The zero-order valence-corrected chi connectivity index (χ0v) is 11.6. The molecule has 2 N–H and O–H groups in total. The maximum absolute atomic E-state index is 11.9. The minimum absolute atomic E-state index is 0.266. The van der Waals surface area contributed by atoms with Crippen LogP contribution in [-0.2, 0) is 4.57 Å². The van der Waals surface area contributed by atoms with E-state index in [0.717, 1.165) is 16.6 Å². The average molecular weight is 240 g/mol. The standard InChI is InChI=1S/C12H21N2OP/c1-9(14(2)3)11-7-6-10(8-12(11)13)16(4,5)15/h6-9H,13H2,1-5H3. The van der Waals surface area contributed by atoms with Crippen molar-refractivity contribution in [3.05, 3.63) is 23.8 Å². The van der Waals surface area contributed by atoms with Crippen molar-refractivity contribution in [2.24, 2.45) is 0 Å². The summed E-state index contributed by atoms with van der Waals surface area (Å²) in [5.74, 6) is 0. The van der Waals surface area contributed by atoms with Crippen LogP contribution in [0, 0.1) is 0 Å². The third kappa shape index (κ3) is 2.87. The molecule has 0 saturated carbocycles. The summed E-state index contributed by atoms with van der Waals surface area (Å²) < 4.78 is 11.9. The SMILES string of the molecule is CC(c1ccc(P(C)(C)=O)cc1N)N(C)C. The Morgan fingerprint density at radius 2 is 1.88 bits per heavy atom. The first kappa shape index (κ1) is 13.3. The first-order valence-electron chi connectivity index (χ1n) is 5.35. The van der Waals surface area contributed by atoms with Crippen LogP contribution in [-0.4, -0.2) is 32.3 Å². The van der Waals surface area contributed by atoms with Crippen molar-refractivity contribution < 1.29 is 4.57 Å². The lowest BCUT2D eigenvalue weighted by atomic mass is 10.1. The molecule has 1 unspecified atom stereocenters. The second-order valence-electron chi connectivity index (χ2n) is 4.80. The summed E-state index contributed by atoms with van der Waals surface area (Å²) in [5.41, 5.74) is 7.82. The summed E-state index contributed by atoms with van der Waals surface area (Å²) in [5, 5.41) is 0.847. The van der Waals surface area contributed by atoms with Crippen molar-refractivity contribution in [1.29, 1.82) is 0 Å². The number of rotatable bonds is 3. The van der Waals surface area contributed by atoms with Gasteiger partial charge in [-0.15, -0.1) is 0 Å². The number of nitrogens with two attached hydrogens (primary N) is 1. The molecule has 1 aromatic carbocycles. The predicted molar refractivity (Wildman–Crippen MR) is 72.0 cm³/mol. The van der Waals surface area contributed by atoms with Crippen molar-refractivity contribution in [2.75, 3.05) is 33.2 Å². The van der Waals surface area contributed by atoms with E-state index in [4.69, 9.17) is 5.73 Å². The van der Waals surface area contributed by atoms with Crippen molar-refractivity contribution >= 4 is 18.1 Å². The number of nitrogens with zero attached hydrogens (tertiary/aromatic N) is 1. The Morgan fingerprint density at radius 3 is 2.25 bits per heavy atom. The fourth-order valence-corrected chi connectivity index (χ4v) is 2.44. The van der Waals surface area contributed by atoms with Crippen molar-refractivity contribution in [3.8, 4) is 0 Å². The van der Waals surface area contributed by atoms with Crippen LogP contribution in [0.2, 0.25) is 0 Å². The van der Waals surface area contributed by atoms with E-state index in [1.165, 1.54) is 0 Å². The second kappa shape index (κ2) is 4.60. The molecule has 0 aliphatic carbocycles. The van der Waals surface area contributed by atoms with Gasteiger partial charge in [-0.3, -0.25) is 0 Å². The molecule has 0 bridgehead atoms. The maximum Gasteiger partial charge on any atom is 0.109 e. The Labute approximate surface area is 98.0 Å². The third-order valence-corrected chi connectivity index (χ3v) is 4.44. The van der Waals surface area contributed by atoms with Crippen LogP contribution < -0.4 is 11.0 Å². The maximum atomic E-state index is 11.9. The molecule has 1 aromatic rings. The molecule has 0 radical (unpaired) electrons. The molecule has 0 fully saturated rings. The van der Waals surface area contributed by atoms with Gasteiger partial charge in [0.2, 0.25) is 0 Å². The van der Waals surface area contributed by atoms with Gasteiger partial charge in [-0.1, -0.05) is 12.1 Å². The van der Waals surface area contributed by atoms with Crippen molar-refractivity contribution in [3.63, 3.8) is 0 Å². The molecular formula is C12H21N2OP. The van der Waals surface area contributed by atoms with Gasteiger partial charge in [-0.25, -0.2) is 0 Å². The molecule has 0 aliphatic rings. The largest absolute Gasteiger partial charge is 0.398 e. The third-order valence-electron chi connectivity index (χ3n) is 2.92. The number of benzene rings is 1. The van der Waals surface area contributed by atoms with Gasteiger partial charge in [-0.2, -0.15) is 0 Å². The molecule has 3 nitrogen and oxygen atoms in total. The summed E-state index contributed by atoms with van der Waals surface area (Å²) in [7, 11) is 1.82. The quantitative estimate of drug-likeness (QED) is 0.650. The predicted octanol–water partition coefficient (Wildman–Crippen LogP) is 2.14. The van der Waals surface area contributed by atoms with E-state index in [9.17, 15) is 4.57 Å². The fraction of sp³-hybridized carbons (Fsp3) is 0.500. The molecule has 1 atom stereocenters. The normalized spacial score (nSPS) is 14.1. The number of nitrogen functional groups attached to an aromatic ring is 1. The highest BCUT2D eigenvalue weighted by Gasteiger charge is 2.15. The topological polar surface area (TPSA) is 46.3 Å². The van der Waals surface area contributed by atoms with Gasteiger partial charge < -0.3 is 15.2 Å². The molecular weight excluding hydrogens is 219 g/mol. The molecule has 0 amide bonds. The monoisotopic (exact) mass is 240 g/mol. The molecule has 0 spiro atoms. The van der Waals surface area contributed by atoms with Gasteiger partial charge in [-0.05, 0) is 46.0 Å². The molecule has 0 heterocycles. The average Bonchev–Trinajstić information content (AvgIpc) is 2.15. The number of hydrogen-bond acceptors (Lipinski definition) is 3. The summed E-state index contributed by atoms with van der Waals surface area (Å²) in [6.45, 7) is 5.62. The molecule has 16 heavy (non-hydrogen) atoms. The molecule has 4 heteroatoms. The van der Waals surface area contributed by atoms with Crippen LogP contribution in [0.15, 0.2) is 18.2 Å². The summed E-state index contributed by atoms with van der Waals surface area (Å²) in [4.78, 5) is 2.10. The van der Waals surface area contributed by atoms with Gasteiger partial charge in [0.25, 0.3) is 0 Å². The lowest BCUT2D eigenvalue weighted by Gasteiger charge is -2.22. The highest BCUT2D eigenvalue weighted by Crippen LogP contribution is 2.36. The first-order chi connectivity index (χ1) is 7.23. The molecule has 0 aliphatic heterocycles. The van der Waals surface area contributed by atoms with E-state index in [-0.39, 0.29) is 6.04 Å². The highest BCUT2D eigenvalue weighted by molar-refractivity contribution is 7.70. The van der Waals surface area contributed by atoms with Crippen LogP contribution in [0.25, 0.3) is 0 Å². The van der Waals surface area contributed by atoms with E-state index >= 15 is 0 Å². The van der Waals surface area contributed by atoms with E-state index in [1.807, 2.05) is 32.3 Å². The number of anilines is 1. The zero-order valence-electron chi connectivity index (χ0n) is 10.7. The van der Waals surface area contributed by atoms with Gasteiger partial charge >= 0.3 is 0 Å². The number of hydrogen-bond donors (Lipinski definition) is 1. The molecule has 0 saturated heterocycles. The van der Waals surface area contributed by atoms with Crippen LogP contribution in [0.1, 0.15) is 18.5 Å². The fourth-order valence-electron chi connectivity index (χ4n) is 1.56. The van der Waals surface area contributed by atoms with Crippen LogP contribution in [0.5, 0.6) is 0 Å². The van der Waals surface area contributed by atoms with Gasteiger partial charge in [0.1, 0.15) is 7.14 Å². The van der Waals surface area contributed by atoms with E-state index in [1.54, 1.807) is 13.3 Å². The van der Waals surface area contributed by atoms with Gasteiger partial charge in [0.05, 0.1) is 0 Å². The van der Waals surface area contributed by atoms with E-state index < -0.39 is 7.14 Å². The smallest absolute Gasteiger partial charge is 0.109 e. The van der Waals surface area contributed by atoms with Crippen molar-refractivity contribution in [1.82, 2.24) is 4.90 Å². The summed E-state index contributed by atoms with van der Waals surface area (Å²) in [6.07, 6.45) is 0. The van der Waals surface area contributed by atoms with Crippen LogP contribution in [0.4, 0.5) is 5.69 Å². The van der Waals surface area contributed by atoms with Crippen LogP contribution >= 0.6 is 7.14 Å². The lowest BCUT2D eigenvalue weighted by molar-refractivity contribution is 0.322. The lowest BCUT2D eigenvalue weighted by Crippen LogP contribution is -2.19. The Hall–Kier alpha value is -0.790. The Balaban J connectivity index is 3.15. The molecule has 0 aromatic heterocycles. The van der Waals surface area contributed by atoms with E-state index in [2.05, 4.69) is 11.8 Å². The zero-order chi connectivity index (χ0) is 12.5. The molecule has 1 rings (SSSR count). The summed E-state index contributed by atoms with van der Waals surface area (Å²) in [6, 6.07) is 6.01. The summed E-state index contributed by atoms with van der Waals surface area (Å²) >= 11 is 0. The van der Waals surface area contributed by atoms with Gasteiger partial charge in [0, 0.05) is 17.0 Å². The Kier molecular flexibility index (Phi) is 3.82. The minimum atomic E-state index is -2.21. The minimum Gasteiger partial charge on any atom is -0.398 e.